The molecule has 0 unspecified atom stereocenters. The standard InChI is InChI=1S/C13H16ClNO2/c1-13(17)5-7-15(8-6-13)12-10(9-16)3-2-4-11(12)14/h2-4,9,17H,5-8H2,1H3. The van der Waals surface area contributed by atoms with Gasteiger partial charge in [-0.25, -0.2) is 0 Å². The molecule has 1 heterocycles. The van der Waals surface area contributed by atoms with Crippen LogP contribution in [0.5, 0.6) is 0 Å². The number of hydrogen-bond donors (Lipinski definition) is 1. The van der Waals surface area contributed by atoms with Gasteiger partial charge in [-0.2, -0.15) is 0 Å². The van der Waals surface area contributed by atoms with Crippen LogP contribution < -0.4 is 4.90 Å². The lowest BCUT2D eigenvalue weighted by atomic mass is 9.93. The third-order valence-corrected chi connectivity index (χ3v) is 3.61. The number of piperidine rings is 1. The van der Waals surface area contributed by atoms with E-state index in [1.54, 1.807) is 18.2 Å². The fourth-order valence-corrected chi connectivity index (χ4v) is 2.47. The molecule has 1 aliphatic heterocycles. The highest BCUT2D eigenvalue weighted by Gasteiger charge is 2.28. The minimum absolute atomic E-state index is 0.594. The second-order valence-corrected chi connectivity index (χ2v) is 5.19. The van der Waals surface area contributed by atoms with Crippen molar-refractivity contribution in [1.82, 2.24) is 0 Å². The Bertz CT molecular complexity index is 421. The summed E-state index contributed by atoms with van der Waals surface area (Å²) in [6.45, 7) is 3.28. The Hall–Kier alpha value is -1.06. The van der Waals surface area contributed by atoms with Crippen LogP contribution in [0, 0.1) is 0 Å². The molecule has 0 saturated carbocycles. The molecule has 1 fully saturated rings. The van der Waals surface area contributed by atoms with E-state index in [1.165, 1.54) is 0 Å². The number of aldehydes is 1. The van der Waals surface area contributed by atoms with Gasteiger partial charge >= 0.3 is 0 Å². The summed E-state index contributed by atoms with van der Waals surface area (Å²) in [4.78, 5) is 13.1. The highest BCUT2D eigenvalue weighted by Crippen LogP contribution is 2.33. The van der Waals surface area contributed by atoms with Crippen molar-refractivity contribution in [3.8, 4) is 0 Å². The van der Waals surface area contributed by atoms with Crippen molar-refractivity contribution in [3.05, 3.63) is 28.8 Å². The number of nitrogens with zero attached hydrogens (tertiary/aromatic N) is 1. The molecule has 4 heteroatoms. The van der Waals surface area contributed by atoms with Gasteiger partial charge < -0.3 is 10.0 Å². The molecule has 92 valence electrons. The maximum Gasteiger partial charge on any atom is 0.152 e. The van der Waals surface area contributed by atoms with Gasteiger partial charge in [-0.05, 0) is 31.9 Å². The van der Waals surface area contributed by atoms with Crippen LogP contribution in [-0.2, 0) is 0 Å². The fourth-order valence-electron chi connectivity index (χ4n) is 2.17. The Morgan fingerprint density at radius 1 is 1.41 bits per heavy atom. The van der Waals surface area contributed by atoms with Gasteiger partial charge in [-0.1, -0.05) is 17.7 Å². The van der Waals surface area contributed by atoms with E-state index in [0.717, 1.165) is 25.1 Å². The second kappa shape index (κ2) is 4.67. The zero-order chi connectivity index (χ0) is 12.5. The lowest BCUT2D eigenvalue weighted by molar-refractivity contribution is 0.0351. The van der Waals surface area contributed by atoms with Gasteiger partial charge in [0.2, 0.25) is 0 Å². The molecule has 1 aliphatic rings. The quantitative estimate of drug-likeness (QED) is 0.824. The Morgan fingerprint density at radius 3 is 2.65 bits per heavy atom. The molecule has 17 heavy (non-hydrogen) atoms. The van der Waals surface area contributed by atoms with Crippen LogP contribution in [0.2, 0.25) is 5.02 Å². The summed E-state index contributed by atoms with van der Waals surface area (Å²) in [6, 6.07) is 5.33. The van der Waals surface area contributed by atoms with Crippen molar-refractivity contribution in [2.45, 2.75) is 25.4 Å². The normalized spacial score (nSPS) is 19.1. The van der Waals surface area contributed by atoms with Crippen LogP contribution in [0.1, 0.15) is 30.1 Å². The molecular formula is C13H16ClNO2. The minimum Gasteiger partial charge on any atom is -0.390 e. The van der Waals surface area contributed by atoms with E-state index < -0.39 is 5.60 Å². The Kier molecular flexibility index (Phi) is 3.40. The molecule has 0 radical (unpaired) electrons. The molecule has 0 bridgehead atoms. The highest BCUT2D eigenvalue weighted by molar-refractivity contribution is 6.33. The molecule has 0 spiro atoms. The van der Waals surface area contributed by atoms with Crippen LogP contribution in [0.4, 0.5) is 5.69 Å². The number of para-hydroxylation sites is 1. The Morgan fingerprint density at radius 2 is 2.06 bits per heavy atom. The Balaban J connectivity index is 2.26. The number of carbonyl (C=O) groups is 1. The van der Waals surface area contributed by atoms with Crippen LogP contribution in [-0.4, -0.2) is 30.1 Å². The summed E-state index contributed by atoms with van der Waals surface area (Å²) in [5.74, 6) is 0. The fraction of sp³-hybridized carbons (Fsp3) is 0.462. The summed E-state index contributed by atoms with van der Waals surface area (Å²) in [5.41, 5.74) is 0.803. The number of rotatable bonds is 2. The maximum absolute atomic E-state index is 11.0. The molecule has 1 aromatic carbocycles. The number of carbonyl (C=O) groups excluding carboxylic acids is 1. The monoisotopic (exact) mass is 253 g/mol. The highest BCUT2D eigenvalue weighted by atomic mass is 35.5. The van der Waals surface area contributed by atoms with Crippen LogP contribution >= 0.6 is 11.6 Å². The van der Waals surface area contributed by atoms with E-state index in [2.05, 4.69) is 4.90 Å². The molecule has 1 N–H and O–H groups in total. The van der Waals surface area contributed by atoms with Crippen LogP contribution in [0.15, 0.2) is 18.2 Å². The first-order valence-electron chi connectivity index (χ1n) is 5.74. The molecule has 1 saturated heterocycles. The summed E-state index contributed by atoms with van der Waals surface area (Å²) in [5, 5.41) is 10.5. The van der Waals surface area contributed by atoms with Gasteiger partial charge in [0, 0.05) is 18.7 Å². The third kappa shape index (κ3) is 2.61. The predicted molar refractivity (Wildman–Crippen MR) is 68.9 cm³/mol. The molecule has 0 atom stereocenters. The number of benzene rings is 1. The molecule has 3 nitrogen and oxygen atoms in total. The molecule has 0 aliphatic carbocycles. The van der Waals surface area contributed by atoms with Crippen molar-refractivity contribution in [2.24, 2.45) is 0 Å². The van der Waals surface area contributed by atoms with Gasteiger partial charge in [-0.3, -0.25) is 4.79 Å². The van der Waals surface area contributed by atoms with Crippen molar-refractivity contribution < 1.29 is 9.90 Å². The van der Waals surface area contributed by atoms with Gasteiger partial charge in [0.1, 0.15) is 0 Å². The zero-order valence-electron chi connectivity index (χ0n) is 9.82. The van der Waals surface area contributed by atoms with Gasteiger partial charge in [0.25, 0.3) is 0 Å². The average molecular weight is 254 g/mol. The maximum atomic E-state index is 11.0. The number of aliphatic hydroxyl groups is 1. The van der Waals surface area contributed by atoms with Crippen LogP contribution in [0.3, 0.4) is 0 Å². The predicted octanol–water partition coefficient (Wildman–Crippen LogP) is 2.50. The van der Waals surface area contributed by atoms with Crippen molar-refractivity contribution in [3.63, 3.8) is 0 Å². The largest absolute Gasteiger partial charge is 0.390 e. The van der Waals surface area contributed by atoms with Crippen molar-refractivity contribution >= 4 is 23.6 Å². The molecule has 0 amide bonds. The lowest BCUT2D eigenvalue weighted by Crippen LogP contribution is -2.42. The van der Waals surface area contributed by atoms with Crippen molar-refractivity contribution in [1.29, 1.82) is 0 Å². The lowest BCUT2D eigenvalue weighted by Gasteiger charge is -2.38. The first-order valence-corrected chi connectivity index (χ1v) is 6.12. The first-order chi connectivity index (χ1) is 8.03. The van der Waals surface area contributed by atoms with Gasteiger partial charge in [-0.15, -0.1) is 0 Å². The van der Waals surface area contributed by atoms with E-state index in [1.807, 2.05) is 6.92 Å². The molecular weight excluding hydrogens is 238 g/mol. The van der Waals surface area contributed by atoms with E-state index in [0.29, 0.717) is 23.4 Å². The smallest absolute Gasteiger partial charge is 0.152 e. The number of halogens is 1. The summed E-state index contributed by atoms with van der Waals surface area (Å²) in [7, 11) is 0. The zero-order valence-corrected chi connectivity index (χ0v) is 10.6. The molecule has 2 rings (SSSR count). The summed E-state index contributed by atoms with van der Waals surface area (Å²) >= 11 is 6.15. The van der Waals surface area contributed by atoms with Gasteiger partial charge in [0.05, 0.1) is 16.3 Å². The topological polar surface area (TPSA) is 40.5 Å². The Labute approximate surface area is 106 Å². The second-order valence-electron chi connectivity index (χ2n) is 4.78. The first kappa shape index (κ1) is 12.4. The van der Waals surface area contributed by atoms with E-state index in [4.69, 9.17) is 11.6 Å². The van der Waals surface area contributed by atoms with Crippen molar-refractivity contribution in [2.75, 3.05) is 18.0 Å². The molecule has 0 aromatic heterocycles. The molecule has 1 aromatic rings. The number of anilines is 1. The van der Waals surface area contributed by atoms with E-state index in [9.17, 15) is 9.90 Å². The van der Waals surface area contributed by atoms with E-state index in [-0.39, 0.29) is 0 Å². The van der Waals surface area contributed by atoms with Gasteiger partial charge in [0.15, 0.2) is 6.29 Å². The minimum atomic E-state index is -0.598. The summed E-state index contributed by atoms with van der Waals surface area (Å²) in [6.07, 6.45) is 2.21. The average Bonchev–Trinajstić information content (AvgIpc) is 2.29. The van der Waals surface area contributed by atoms with Crippen LogP contribution in [0.25, 0.3) is 0 Å². The number of hydrogen-bond acceptors (Lipinski definition) is 3. The summed E-state index contributed by atoms with van der Waals surface area (Å²) < 4.78 is 0. The SMILES string of the molecule is CC1(O)CCN(c2c(Cl)cccc2C=O)CC1. The van der Waals surface area contributed by atoms with E-state index >= 15 is 0 Å². The third-order valence-electron chi connectivity index (χ3n) is 3.30.